The van der Waals surface area contributed by atoms with E-state index in [4.69, 9.17) is 0 Å². The molecular weight excluding hydrogens is 326 g/mol. The lowest BCUT2D eigenvalue weighted by molar-refractivity contribution is 0.0681. The number of carbonyl (C=O) groups excluding carboxylic acids is 2. The van der Waals surface area contributed by atoms with E-state index < -0.39 is 0 Å². The number of nitrogens with zero attached hydrogens (tertiary/aromatic N) is 1. The zero-order chi connectivity index (χ0) is 17.9. The van der Waals surface area contributed by atoms with Gasteiger partial charge in [0, 0.05) is 24.2 Å². The molecule has 0 aromatic heterocycles. The standard InChI is InChI=1S/C21H23N3O2/c25-20(15-6-2-1-3-7-15)23-19-9-5-4-8-18(19)21(26)24-16-10-11-17(24)14-22-13-12-16/h1-9,16-17,22H,10-14H2,(H,23,25). The lowest BCUT2D eigenvalue weighted by Gasteiger charge is -2.28. The van der Waals surface area contributed by atoms with E-state index in [1.54, 1.807) is 24.3 Å². The zero-order valence-electron chi connectivity index (χ0n) is 14.7. The Hall–Kier alpha value is -2.66. The van der Waals surface area contributed by atoms with Gasteiger partial charge in [-0.15, -0.1) is 0 Å². The number of amides is 2. The Balaban J connectivity index is 1.59. The molecular formula is C21H23N3O2. The van der Waals surface area contributed by atoms with Gasteiger partial charge in [-0.25, -0.2) is 0 Å². The average Bonchev–Trinajstić information content (AvgIpc) is 2.95. The number of hydrogen-bond acceptors (Lipinski definition) is 3. The van der Waals surface area contributed by atoms with Crippen molar-refractivity contribution in [1.29, 1.82) is 0 Å². The summed E-state index contributed by atoms with van der Waals surface area (Å²) in [6, 6.07) is 16.9. The number of benzene rings is 2. The SMILES string of the molecule is O=C(Nc1ccccc1C(=O)N1C2CCNCC1CC2)c1ccccc1. The van der Waals surface area contributed by atoms with E-state index >= 15 is 0 Å². The van der Waals surface area contributed by atoms with Gasteiger partial charge in [0.05, 0.1) is 11.3 Å². The number of carbonyl (C=O) groups is 2. The highest BCUT2D eigenvalue weighted by molar-refractivity contribution is 6.09. The minimum absolute atomic E-state index is 0.0187. The third kappa shape index (κ3) is 3.22. The molecule has 0 aliphatic carbocycles. The van der Waals surface area contributed by atoms with E-state index in [1.165, 1.54) is 0 Å². The Morgan fingerprint density at radius 1 is 0.923 bits per heavy atom. The molecule has 2 aliphatic rings. The summed E-state index contributed by atoms with van der Waals surface area (Å²) < 4.78 is 0. The number of fused-ring (bicyclic) bond motifs is 2. The van der Waals surface area contributed by atoms with Crippen LogP contribution >= 0.6 is 0 Å². The fourth-order valence-electron chi connectivity index (χ4n) is 4.02. The molecule has 2 atom stereocenters. The topological polar surface area (TPSA) is 61.4 Å². The van der Waals surface area contributed by atoms with Gasteiger partial charge in [-0.2, -0.15) is 0 Å². The first kappa shape index (κ1) is 16.8. The van der Waals surface area contributed by atoms with Crippen LogP contribution in [0.2, 0.25) is 0 Å². The largest absolute Gasteiger partial charge is 0.331 e. The zero-order valence-corrected chi connectivity index (χ0v) is 14.7. The first-order valence-corrected chi connectivity index (χ1v) is 9.23. The van der Waals surface area contributed by atoms with Crippen molar-refractivity contribution in [3.8, 4) is 0 Å². The molecule has 2 fully saturated rings. The van der Waals surface area contributed by atoms with Crippen molar-refractivity contribution < 1.29 is 9.59 Å². The summed E-state index contributed by atoms with van der Waals surface area (Å²) in [7, 11) is 0. The molecule has 4 rings (SSSR count). The summed E-state index contributed by atoms with van der Waals surface area (Å²) >= 11 is 0. The second-order valence-electron chi connectivity index (χ2n) is 6.96. The predicted octanol–water partition coefficient (Wildman–Crippen LogP) is 2.91. The molecule has 5 heteroatoms. The molecule has 2 N–H and O–H groups in total. The fourth-order valence-corrected chi connectivity index (χ4v) is 4.02. The first-order chi connectivity index (χ1) is 12.7. The highest BCUT2D eigenvalue weighted by Crippen LogP contribution is 2.31. The minimum Gasteiger partial charge on any atom is -0.331 e. The molecule has 0 radical (unpaired) electrons. The quantitative estimate of drug-likeness (QED) is 0.896. The normalized spacial score (nSPS) is 21.9. The van der Waals surface area contributed by atoms with E-state index in [-0.39, 0.29) is 17.9 Å². The summed E-state index contributed by atoms with van der Waals surface area (Å²) in [6.45, 7) is 1.80. The van der Waals surface area contributed by atoms with E-state index in [0.29, 0.717) is 22.9 Å². The van der Waals surface area contributed by atoms with Crippen molar-refractivity contribution in [3.63, 3.8) is 0 Å². The summed E-state index contributed by atoms with van der Waals surface area (Å²) in [5.74, 6) is -0.184. The Bertz CT molecular complexity index is 792. The summed E-state index contributed by atoms with van der Waals surface area (Å²) in [5, 5.41) is 6.33. The van der Waals surface area contributed by atoms with Gasteiger partial charge < -0.3 is 15.5 Å². The van der Waals surface area contributed by atoms with E-state index in [9.17, 15) is 9.59 Å². The van der Waals surface area contributed by atoms with Gasteiger partial charge in [-0.1, -0.05) is 30.3 Å². The molecule has 2 aromatic carbocycles. The monoisotopic (exact) mass is 349 g/mol. The third-order valence-corrected chi connectivity index (χ3v) is 5.33. The van der Waals surface area contributed by atoms with Crippen LogP contribution in [0.15, 0.2) is 54.6 Å². The lowest BCUT2D eigenvalue weighted by atomic mass is 10.1. The van der Waals surface area contributed by atoms with Crippen molar-refractivity contribution in [1.82, 2.24) is 10.2 Å². The fraction of sp³-hybridized carbons (Fsp3) is 0.333. The minimum atomic E-state index is -0.202. The van der Waals surface area contributed by atoms with Crippen LogP contribution in [0.5, 0.6) is 0 Å². The summed E-state index contributed by atoms with van der Waals surface area (Å²) in [4.78, 5) is 27.8. The maximum atomic E-state index is 13.3. The second-order valence-corrected chi connectivity index (χ2v) is 6.96. The van der Waals surface area contributed by atoms with Crippen molar-refractivity contribution >= 4 is 17.5 Å². The molecule has 0 spiro atoms. The summed E-state index contributed by atoms with van der Waals surface area (Å²) in [6.07, 6.45) is 3.10. The Labute approximate surface area is 153 Å². The molecule has 134 valence electrons. The average molecular weight is 349 g/mol. The van der Waals surface area contributed by atoms with Crippen LogP contribution < -0.4 is 10.6 Å². The molecule has 2 aliphatic heterocycles. The smallest absolute Gasteiger partial charge is 0.256 e. The molecule has 2 unspecified atom stereocenters. The van der Waals surface area contributed by atoms with Crippen molar-refractivity contribution in [2.75, 3.05) is 18.4 Å². The van der Waals surface area contributed by atoms with Gasteiger partial charge in [0.1, 0.15) is 0 Å². The second kappa shape index (κ2) is 7.30. The van der Waals surface area contributed by atoms with Crippen molar-refractivity contribution in [3.05, 3.63) is 65.7 Å². The molecule has 26 heavy (non-hydrogen) atoms. The van der Waals surface area contributed by atoms with Crippen LogP contribution in [0.1, 0.15) is 40.0 Å². The Morgan fingerprint density at radius 3 is 2.50 bits per heavy atom. The van der Waals surface area contributed by atoms with E-state index in [2.05, 4.69) is 10.6 Å². The molecule has 2 amide bonds. The third-order valence-electron chi connectivity index (χ3n) is 5.33. The highest BCUT2D eigenvalue weighted by Gasteiger charge is 2.38. The van der Waals surface area contributed by atoms with Gasteiger partial charge in [0.15, 0.2) is 0 Å². The number of hydrogen-bond donors (Lipinski definition) is 2. The van der Waals surface area contributed by atoms with Crippen LogP contribution in [-0.4, -0.2) is 41.9 Å². The first-order valence-electron chi connectivity index (χ1n) is 9.23. The van der Waals surface area contributed by atoms with Crippen molar-refractivity contribution in [2.45, 2.75) is 31.3 Å². The highest BCUT2D eigenvalue weighted by atomic mass is 16.2. The molecule has 2 aromatic rings. The molecule has 2 bridgehead atoms. The van der Waals surface area contributed by atoms with Crippen LogP contribution in [0.25, 0.3) is 0 Å². The van der Waals surface area contributed by atoms with Gasteiger partial charge >= 0.3 is 0 Å². The van der Waals surface area contributed by atoms with Gasteiger partial charge in [-0.3, -0.25) is 9.59 Å². The van der Waals surface area contributed by atoms with Crippen LogP contribution in [0, 0.1) is 0 Å². The van der Waals surface area contributed by atoms with E-state index in [0.717, 1.165) is 32.4 Å². The maximum Gasteiger partial charge on any atom is 0.256 e. The van der Waals surface area contributed by atoms with Gasteiger partial charge in [0.2, 0.25) is 0 Å². The van der Waals surface area contributed by atoms with Gasteiger partial charge in [0.25, 0.3) is 11.8 Å². The number of anilines is 1. The Morgan fingerprint density at radius 2 is 1.65 bits per heavy atom. The number of nitrogens with one attached hydrogen (secondary N) is 2. The molecule has 2 heterocycles. The maximum absolute atomic E-state index is 13.3. The lowest BCUT2D eigenvalue weighted by Crippen LogP contribution is -2.42. The van der Waals surface area contributed by atoms with Gasteiger partial charge in [-0.05, 0) is 50.1 Å². The van der Waals surface area contributed by atoms with Crippen LogP contribution in [-0.2, 0) is 0 Å². The van der Waals surface area contributed by atoms with E-state index in [1.807, 2.05) is 35.2 Å². The van der Waals surface area contributed by atoms with Crippen molar-refractivity contribution in [2.24, 2.45) is 0 Å². The number of rotatable bonds is 3. The molecule has 2 saturated heterocycles. The summed E-state index contributed by atoms with van der Waals surface area (Å²) in [5.41, 5.74) is 1.72. The van der Waals surface area contributed by atoms with Crippen LogP contribution in [0.3, 0.4) is 0 Å². The van der Waals surface area contributed by atoms with Crippen LogP contribution in [0.4, 0.5) is 5.69 Å². The molecule has 5 nitrogen and oxygen atoms in total. The molecule has 0 saturated carbocycles. The number of para-hydroxylation sites is 1. The predicted molar refractivity (Wildman–Crippen MR) is 101 cm³/mol. The Kier molecular flexibility index (Phi) is 4.71.